The molecule has 132 valence electrons. The topological polar surface area (TPSA) is 72.9 Å². The molecule has 1 N–H and O–H groups in total. The van der Waals surface area contributed by atoms with Gasteiger partial charge in [-0.25, -0.2) is 9.78 Å². The Labute approximate surface area is 146 Å². The van der Waals surface area contributed by atoms with E-state index in [1.807, 2.05) is 18.2 Å². The van der Waals surface area contributed by atoms with Crippen molar-refractivity contribution in [3.63, 3.8) is 0 Å². The number of anilines is 1. The molecule has 0 bridgehead atoms. The van der Waals surface area contributed by atoms with E-state index in [4.69, 9.17) is 14.2 Å². The van der Waals surface area contributed by atoms with Crippen LogP contribution in [0.2, 0.25) is 0 Å². The molecule has 1 aromatic carbocycles. The van der Waals surface area contributed by atoms with Crippen molar-refractivity contribution in [3.8, 4) is 17.4 Å². The minimum atomic E-state index is -0.167. The number of benzene rings is 1. The monoisotopic (exact) mass is 343 g/mol. The van der Waals surface area contributed by atoms with E-state index in [2.05, 4.69) is 10.3 Å². The minimum absolute atomic E-state index is 0.0500. The van der Waals surface area contributed by atoms with Gasteiger partial charge >= 0.3 is 6.03 Å². The van der Waals surface area contributed by atoms with Crippen LogP contribution in [0.25, 0.3) is 0 Å². The fourth-order valence-corrected chi connectivity index (χ4v) is 2.71. The van der Waals surface area contributed by atoms with Gasteiger partial charge in [0.05, 0.1) is 20.8 Å². The Hall–Kier alpha value is -2.96. The summed E-state index contributed by atoms with van der Waals surface area (Å²) >= 11 is 0. The molecule has 1 aromatic heterocycles. The summed E-state index contributed by atoms with van der Waals surface area (Å²) in [5.74, 6) is 1.76. The molecule has 1 atom stereocenters. The molecule has 1 aliphatic rings. The normalized spacial score (nSPS) is 16.4. The molecule has 1 aliphatic heterocycles. The number of methoxy groups -OCH3 is 2. The Morgan fingerprint density at radius 3 is 2.76 bits per heavy atom. The summed E-state index contributed by atoms with van der Waals surface area (Å²) in [5, 5.41) is 2.87. The van der Waals surface area contributed by atoms with Crippen LogP contribution in [0.4, 0.5) is 10.5 Å². The molecule has 7 nitrogen and oxygen atoms in total. The summed E-state index contributed by atoms with van der Waals surface area (Å²) < 4.78 is 16.2. The number of amides is 2. The molecule has 0 spiro atoms. The van der Waals surface area contributed by atoms with Crippen LogP contribution in [0.15, 0.2) is 42.6 Å². The number of hydrogen-bond acceptors (Lipinski definition) is 5. The van der Waals surface area contributed by atoms with Crippen molar-refractivity contribution in [2.75, 3.05) is 32.6 Å². The Kier molecular flexibility index (Phi) is 5.23. The van der Waals surface area contributed by atoms with Crippen molar-refractivity contribution in [1.29, 1.82) is 0 Å². The van der Waals surface area contributed by atoms with Crippen molar-refractivity contribution in [2.24, 2.45) is 0 Å². The van der Waals surface area contributed by atoms with Crippen LogP contribution < -0.4 is 19.5 Å². The van der Waals surface area contributed by atoms with E-state index in [-0.39, 0.29) is 12.1 Å². The van der Waals surface area contributed by atoms with Gasteiger partial charge in [-0.15, -0.1) is 0 Å². The van der Waals surface area contributed by atoms with E-state index < -0.39 is 0 Å². The average molecular weight is 343 g/mol. The second-order valence-corrected chi connectivity index (χ2v) is 5.64. The number of ether oxygens (including phenoxy) is 3. The summed E-state index contributed by atoms with van der Waals surface area (Å²) in [6.07, 6.45) is 2.41. The maximum absolute atomic E-state index is 12.4. The van der Waals surface area contributed by atoms with Crippen molar-refractivity contribution < 1.29 is 19.0 Å². The lowest BCUT2D eigenvalue weighted by molar-refractivity contribution is 0.190. The number of nitrogens with one attached hydrogen (secondary N) is 1. The maximum Gasteiger partial charge on any atom is 0.321 e. The maximum atomic E-state index is 12.4. The van der Waals surface area contributed by atoms with Crippen molar-refractivity contribution in [2.45, 2.75) is 12.5 Å². The fourth-order valence-electron chi connectivity index (χ4n) is 2.71. The third-order valence-electron chi connectivity index (χ3n) is 3.99. The highest BCUT2D eigenvalue weighted by Gasteiger charge is 2.28. The zero-order valence-electron chi connectivity index (χ0n) is 14.3. The predicted octanol–water partition coefficient (Wildman–Crippen LogP) is 2.78. The van der Waals surface area contributed by atoms with Crippen LogP contribution in [0.3, 0.4) is 0 Å². The van der Waals surface area contributed by atoms with Gasteiger partial charge in [-0.2, -0.15) is 0 Å². The van der Waals surface area contributed by atoms with Gasteiger partial charge in [-0.05, 0) is 18.2 Å². The number of rotatable bonds is 5. The van der Waals surface area contributed by atoms with Crippen molar-refractivity contribution in [1.82, 2.24) is 9.88 Å². The molecule has 25 heavy (non-hydrogen) atoms. The Bertz CT molecular complexity index is 724. The second-order valence-electron chi connectivity index (χ2n) is 5.64. The molecule has 1 fully saturated rings. The molecule has 3 rings (SSSR count). The van der Waals surface area contributed by atoms with Crippen molar-refractivity contribution >= 4 is 11.7 Å². The number of carbonyl (C=O) groups is 1. The quantitative estimate of drug-likeness (QED) is 0.904. The standard InChI is InChI=1S/C18H21N3O4/c1-23-15-7-6-13(11-16(15)24-2)20-18(22)21-10-8-14(12-21)25-17-5-3-4-9-19-17/h3-7,9,11,14H,8,10,12H2,1-2H3,(H,20,22). The first kappa shape index (κ1) is 16.9. The number of pyridine rings is 1. The smallest absolute Gasteiger partial charge is 0.321 e. The van der Waals surface area contributed by atoms with E-state index in [1.54, 1.807) is 43.5 Å². The lowest BCUT2D eigenvalue weighted by atomic mass is 10.3. The van der Waals surface area contributed by atoms with Gasteiger partial charge in [-0.3, -0.25) is 0 Å². The molecule has 1 saturated heterocycles. The first-order valence-electron chi connectivity index (χ1n) is 8.05. The van der Waals surface area contributed by atoms with E-state index in [0.29, 0.717) is 36.2 Å². The fraction of sp³-hybridized carbons (Fsp3) is 0.333. The van der Waals surface area contributed by atoms with Gasteiger partial charge in [0.15, 0.2) is 11.5 Å². The van der Waals surface area contributed by atoms with Gasteiger partial charge in [0.2, 0.25) is 5.88 Å². The minimum Gasteiger partial charge on any atom is -0.493 e. The third kappa shape index (κ3) is 4.12. The average Bonchev–Trinajstić information content (AvgIpc) is 3.11. The van der Waals surface area contributed by atoms with E-state index in [0.717, 1.165) is 6.42 Å². The Morgan fingerprint density at radius 2 is 2.04 bits per heavy atom. The van der Waals surface area contributed by atoms with E-state index in [1.165, 1.54) is 0 Å². The number of carbonyl (C=O) groups excluding carboxylic acids is 1. The molecule has 2 heterocycles. The number of urea groups is 1. The van der Waals surface area contributed by atoms with Crippen LogP contribution in [-0.4, -0.2) is 49.3 Å². The molecular formula is C18H21N3O4. The first-order valence-corrected chi connectivity index (χ1v) is 8.05. The summed E-state index contributed by atoms with van der Waals surface area (Å²) in [6.45, 7) is 1.16. The predicted molar refractivity (Wildman–Crippen MR) is 93.4 cm³/mol. The SMILES string of the molecule is COc1ccc(NC(=O)N2CCC(Oc3ccccn3)C2)cc1OC. The van der Waals surface area contributed by atoms with Gasteiger partial charge in [0.25, 0.3) is 0 Å². The Balaban J connectivity index is 1.57. The summed E-state index contributed by atoms with van der Waals surface area (Å²) in [5.41, 5.74) is 0.650. The number of likely N-dealkylation sites (tertiary alicyclic amines) is 1. The van der Waals surface area contributed by atoms with Gasteiger partial charge < -0.3 is 24.4 Å². The Morgan fingerprint density at radius 1 is 1.20 bits per heavy atom. The van der Waals surface area contributed by atoms with Gasteiger partial charge in [0, 0.05) is 37.0 Å². The second kappa shape index (κ2) is 7.74. The zero-order valence-corrected chi connectivity index (χ0v) is 14.3. The molecule has 2 aromatic rings. The van der Waals surface area contributed by atoms with E-state index in [9.17, 15) is 4.79 Å². The number of nitrogens with zero attached hydrogens (tertiary/aromatic N) is 2. The van der Waals surface area contributed by atoms with Gasteiger partial charge in [-0.1, -0.05) is 6.07 Å². The molecular weight excluding hydrogens is 322 g/mol. The summed E-state index contributed by atoms with van der Waals surface area (Å²) in [6, 6.07) is 10.6. The van der Waals surface area contributed by atoms with Crippen LogP contribution in [0.5, 0.6) is 17.4 Å². The van der Waals surface area contributed by atoms with Crippen LogP contribution >= 0.6 is 0 Å². The highest BCUT2D eigenvalue weighted by Crippen LogP contribution is 2.30. The van der Waals surface area contributed by atoms with Crippen LogP contribution in [0, 0.1) is 0 Å². The van der Waals surface area contributed by atoms with Crippen LogP contribution in [0.1, 0.15) is 6.42 Å². The van der Waals surface area contributed by atoms with Gasteiger partial charge in [0.1, 0.15) is 6.10 Å². The highest BCUT2D eigenvalue weighted by molar-refractivity contribution is 5.90. The van der Waals surface area contributed by atoms with E-state index >= 15 is 0 Å². The molecule has 0 radical (unpaired) electrons. The highest BCUT2D eigenvalue weighted by atomic mass is 16.5. The summed E-state index contributed by atoms with van der Waals surface area (Å²) in [7, 11) is 3.13. The molecule has 7 heteroatoms. The van der Waals surface area contributed by atoms with Crippen LogP contribution in [-0.2, 0) is 0 Å². The lowest BCUT2D eigenvalue weighted by Gasteiger charge is -2.18. The molecule has 2 amide bonds. The number of hydrogen-bond donors (Lipinski definition) is 1. The molecule has 1 unspecified atom stereocenters. The molecule has 0 saturated carbocycles. The zero-order chi connectivity index (χ0) is 17.6. The molecule has 0 aliphatic carbocycles. The lowest BCUT2D eigenvalue weighted by Crippen LogP contribution is -2.34. The van der Waals surface area contributed by atoms with Crippen molar-refractivity contribution in [3.05, 3.63) is 42.6 Å². The third-order valence-corrected chi connectivity index (χ3v) is 3.99. The number of aromatic nitrogens is 1. The first-order chi connectivity index (χ1) is 12.2. The summed E-state index contributed by atoms with van der Waals surface area (Å²) in [4.78, 5) is 18.3. The largest absolute Gasteiger partial charge is 0.493 e.